The fourth-order valence-electron chi connectivity index (χ4n) is 5.31. The summed E-state index contributed by atoms with van der Waals surface area (Å²) in [6.45, 7) is 3.52. The smallest absolute Gasteiger partial charge is 0.269 e. The van der Waals surface area contributed by atoms with Gasteiger partial charge in [0.2, 0.25) is 6.79 Å². The van der Waals surface area contributed by atoms with Crippen LogP contribution in [0.2, 0.25) is 0 Å². The molecule has 1 aliphatic carbocycles. The van der Waals surface area contributed by atoms with E-state index < -0.39 is 11.2 Å². The van der Waals surface area contributed by atoms with Crippen LogP contribution >= 0.6 is 0 Å². The van der Waals surface area contributed by atoms with Gasteiger partial charge in [-0.15, -0.1) is 5.10 Å². The molecule has 2 aromatic carbocycles. The minimum atomic E-state index is -1.31. The van der Waals surface area contributed by atoms with Gasteiger partial charge < -0.3 is 19.3 Å². The van der Waals surface area contributed by atoms with E-state index in [2.05, 4.69) is 32.5 Å². The maximum absolute atomic E-state index is 12.6. The van der Waals surface area contributed by atoms with E-state index in [1.54, 1.807) is 6.07 Å². The van der Waals surface area contributed by atoms with Gasteiger partial charge in [-0.3, -0.25) is 4.90 Å². The molecule has 7 nitrogen and oxygen atoms in total. The van der Waals surface area contributed by atoms with Crippen molar-refractivity contribution < 1.29 is 14.0 Å². The number of ether oxygens (including phenoxy) is 2. The van der Waals surface area contributed by atoms with Gasteiger partial charge in [0.25, 0.3) is 5.03 Å². The summed E-state index contributed by atoms with van der Waals surface area (Å²) in [5.74, 6) is 3.86. The molecule has 1 aromatic heterocycles. The second-order valence-electron chi connectivity index (χ2n) is 9.05. The molecule has 0 spiro atoms. The van der Waals surface area contributed by atoms with Crippen molar-refractivity contribution in [2.75, 3.05) is 25.2 Å². The van der Waals surface area contributed by atoms with Crippen LogP contribution in [0, 0.1) is 11.8 Å². The lowest BCUT2D eigenvalue weighted by atomic mass is 10.0. The molecule has 1 unspecified atom stereocenters. The normalized spacial score (nSPS) is 24.6. The third-order valence-electron chi connectivity index (χ3n) is 6.81. The van der Waals surface area contributed by atoms with Crippen LogP contribution in [0.1, 0.15) is 18.4 Å². The molecule has 0 radical (unpaired) electrons. The summed E-state index contributed by atoms with van der Waals surface area (Å²) in [6.07, 6.45) is 2.28. The minimum Gasteiger partial charge on any atom is -0.605 e. The van der Waals surface area contributed by atoms with Gasteiger partial charge in [-0.1, -0.05) is 29.4 Å². The average molecular weight is 463 g/mol. The highest BCUT2D eigenvalue weighted by atomic mass is 32.2. The van der Waals surface area contributed by atoms with Gasteiger partial charge >= 0.3 is 0 Å². The number of nitrogens with one attached hydrogen (secondary N) is 1. The molecular formula is C25H26N4O3S. The van der Waals surface area contributed by atoms with E-state index in [0.717, 1.165) is 54.7 Å². The molecule has 6 rings (SSSR count). The van der Waals surface area contributed by atoms with Gasteiger partial charge in [0.1, 0.15) is 5.82 Å². The molecule has 3 aromatic rings. The molecule has 3 heterocycles. The number of hydrogen-bond donors (Lipinski definition) is 1. The summed E-state index contributed by atoms with van der Waals surface area (Å²) in [5, 5.41) is 12.5. The molecule has 1 saturated heterocycles. The van der Waals surface area contributed by atoms with Crippen molar-refractivity contribution in [2.45, 2.75) is 35.3 Å². The molecule has 0 amide bonds. The Balaban J connectivity index is 1.02. The van der Waals surface area contributed by atoms with Crippen LogP contribution in [-0.2, 0) is 17.7 Å². The summed E-state index contributed by atoms with van der Waals surface area (Å²) in [5.41, 5.74) is 1.28. The molecule has 33 heavy (non-hydrogen) atoms. The zero-order chi connectivity index (χ0) is 22.2. The van der Waals surface area contributed by atoms with E-state index in [9.17, 15) is 4.55 Å². The number of likely N-dealkylation sites (tertiary alicyclic amines) is 1. The first-order chi connectivity index (χ1) is 16.2. The average Bonchev–Trinajstić information content (AvgIpc) is 3.54. The molecule has 2 aliphatic heterocycles. The molecule has 2 fully saturated rings. The maximum Gasteiger partial charge on any atom is 0.269 e. The molecule has 4 atom stereocenters. The van der Waals surface area contributed by atoms with Gasteiger partial charge in [0.15, 0.2) is 16.4 Å². The zero-order valence-electron chi connectivity index (χ0n) is 18.2. The third-order valence-corrected chi connectivity index (χ3v) is 8.11. The van der Waals surface area contributed by atoms with Crippen LogP contribution < -0.4 is 14.8 Å². The van der Waals surface area contributed by atoms with Crippen LogP contribution in [0.25, 0.3) is 0 Å². The molecule has 1 N–H and O–H groups in total. The summed E-state index contributed by atoms with van der Waals surface area (Å²) in [4.78, 5) is 3.29. The summed E-state index contributed by atoms with van der Waals surface area (Å²) in [7, 11) is 0. The molecule has 3 aliphatic rings. The van der Waals surface area contributed by atoms with E-state index in [-0.39, 0.29) is 0 Å². The van der Waals surface area contributed by atoms with Crippen molar-refractivity contribution in [2.24, 2.45) is 11.8 Å². The van der Waals surface area contributed by atoms with Crippen molar-refractivity contribution in [3.8, 4) is 11.5 Å². The second-order valence-corrected chi connectivity index (χ2v) is 10.5. The summed E-state index contributed by atoms with van der Waals surface area (Å²) < 4.78 is 23.6. The lowest BCUT2D eigenvalue weighted by molar-refractivity contribution is 0.174. The first-order valence-electron chi connectivity index (χ1n) is 11.4. The van der Waals surface area contributed by atoms with Gasteiger partial charge in [0, 0.05) is 42.9 Å². The third kappa shape index (κ3) is 4.38. The second kappa shape index (κ2) is 8.85. The van der Waals surface area contributed by atoms with E-state index >= 15 is 0 Å². The van der Waals surface area contributed by atoms with Crippen LogP contribution in [0.5, 0.6) is 11.5 Å². The number of aromatic nitrogens is 2. The monoisotopic (exact) mass is 462 g/mol. The lowest BCUT2D eigenvalue weighted by Gasteiger charge is -2.20. The maximum atomic E-state index is 12.6. The Hall–Kier alpha value is -2.81. The number of rotatable bonds is 6. The Morgan fingerprint density at radius 3 is 2.48 bits per heavy atom. The summed E-state index contributed by atoms with van der Waals surface area (Å²) in [6, 6.07) is 19.7. The highest BCUT2D eigenvalue weighted by molar-refractivity contribution is 7.91. The molecule has 8 heteroatoms. The Morgan fingerprint density at radius 2 is 1.73 bits per heavy atom. The number of benzene rings is 2. The largest absolute Gasteiger partial charge is 0.605 e. The number of anilines is 1. The first kappa shape index (κ1) is 20.8. The predicted octanol–water partition coefficient (Wildman–Crippen LogP) is 3.69. The van der Waals surface area contributed by atoms with Crippen LogP contribution in [0.15, 0.2) is 70.6 Å². The molecule has 0 bridgehead atoms. The van der Waals surface area contributed by atoms with E-state index in [0.29, 0.717) is 29.7 Å². The zero-order valence-corrected chi connectivity index (χ0v) is 19.0. The Kier molecular flexibility index (Phi) is 5.57. The fourth-order valence-corrected chi connectivity index (χ4v) is 6.26. The van der Waals surface area contributed by atoms with Gasteiger partial charge in [-0.2, -0.15) is 0 Å². The topological polar surface area (TPSA) is 82.6 Å². The van der Waals surface area contributed by atoms with Crippen LogP contribution in [0.4, 0.5) is 5.82 Å². The number of nitrogens with zero attached hydrogens (tertiary/aromatic N) is 3. The van der Waals surface area contributed by atoms with Gasteiger partial charge in [-0.25, -0.2) is 0 Å². The van der Waals surface area contributed by atoms with Crippen molar-refractivity contribution in [3.05, 3.63) is 66.2 Å². The highest BCUT2D eigenvalue weighted by Crippen LogP contribution is 2.40. The minimum absolute atomic E-state index is 0.318. The Morgan fingerprint density at radius 1 is 0.939 bits per heavy atom. The Labute approximate surface area is 196 Å². The summed E-state index contributed by atoms with van der Waals surface area (Å²) >= 11 is -1.31. The lowest BCUT2D eigenvalue weighted by Crippen LogP contribution is -2.25. The molecular weight excluding hydrogens is 436 g/mol. The van der Waals surface area contributed by atoms with Crippen LogP contribution in [0.3, 0.4) is 0 Å². The SMILES string of the molecule is [O-][S+](c1ccccc1)c1ccc(N[C@H]2C[C@@H]3CN(Cc4ccc5c(c4)OCO5)C[C@@H]3C2)nn1. The van der Waals surface area contributed by atoms with Gasteiger partial charge in [0.05, 0.1) is 0 Å². The van der Waals surface area contributed by atoms with Crippen molar-refractivity contribution >= 4 is 17.0 Å². The quantitative estimate of drug-likeness (QED) is 0.560. The number of hydrogen-bond acceptors (Lipinski definition) is 7. The van der Waals surface area contributed by atoms with Crippen molar-refractivity contribution in [1.29, 1.82) is 0 Å². The highest BCUT2D eigenvalue weighted by Gasteiger charge is 2.41. The van der Waals surface area contributed by atoms with Crippen molar-refractivity contribution in [1.82, 2.24) is 15.1 Å². The van der Waals surface area contributed by atoms with Crippen LogP contribution in [-0.4, -0.2) is 45.6 Å². The van der Waals surface area contributed by atoms with Gasteiger partial charge in [-0.05, 0) is 60.6 Å². The molecule has 170 valence electrons. The van der Waals surface area contributed by atoms with E-state index in [1.807, 2.05) is 42.5 Å². The first-order valence-corrected chi connectivity index (χ1v) is 12.5. The number of fused-ring (bicyclic) bond motifs is 2. The fraction of sp³-hybridized carbons (Fsp3) is 0.360. The molecule has 1 saturated carbocycles. The van der Waals surface area contributed by atoms with E-state index in [4.69, 9.17) is 9.47 Å². The van der Waals surface area contributed by atoms with Crippen molar-refractivity contribution in [3.63, 3.8) is 0 Å². The Bertz CT molecular complexity index is 1100. The predicted molar refractivity (Wildman–Crippen MR) is 125 cm³/mol. The van der Waals surface area contributed by atoms with E-state index in [1.165, 1.54) is 5.56 Å². The standard InChI is InChI=1S/C25H26N4O3S/c30-33(21-4-2-1-3-5-21)25-9-8-24(27-28-25)26-20-11-18-14-29(15-19(18)12-20)13-17-6-7-22-23(10-17)32-16-31-22/h1-10,18-20H,11-16H2,(H,26,27)/t18-,19+,20+,33?.